The predicted octanol–water partition coefficient (Wildman–Crippen LogP) is 2.44. The van der Waals surface area contributed by atoms with E-state index >= 15 is 0 Å². The minimum absolute atomic E-state index is 0.222. The maximum absolute atomic E-state index is 10.6. The van der Waals surface area contributed by atoms with Crippen LogP contribution in [0.2, 0.25) is 0 Å². The first-order chi connectivity index (χ1) is 16.7. The van der Waals surface area contributed by atoms with Gasteiger partial charge in [-0.3, -0.25) is 14.8 Å². The number of carbonyl (C=O) groups is 2. The molecule has 3 rings (SSSR count). The van der Waals surface area contributed by atoms with Gasteiger partial charge in [0.1, 0.15) is 5.60 Å². The number of pyridine rings is 1. The molecule has 36 heavy (non-hydrogen) atoms. The lowest BCUT2D eigenvalue weighted by Crippen LogP contribution is -2.58. The molecule has 0 amide bonds. The summed E-state index contributed by atoms with van der Waals surface area (Å²) in [4.78, 5) is 26.8. The summed E-state index contributed by atoms with van der Waals surface area (Å²) in [5.74, 6) is -5.51. The van der Waals surface area contributed by atoms with Crippen LogP contribution in [-0.4, -0.2) is 107 Å². The Balaban J connectivity index is 0.000000383. The Kier molecular flexibility index (Phi) is 12.3. The second-order valence-electron chi connectivity index (χ2n) is 7.79. The Labute approximate surface area is 202 Å². The second-order valence-corrected chi connectivity index (χ2v) is 7.79. The number of ether oxygens (including phenoxy) is 2. The molecule has 1 unspecified atom stereocenters. The van der Waals surface area contributed by atoms with Crippen LogP contribution in [-0.2, 0) is 25.6 Å². The SMILES string of the molecule is C=CCN1CCOCC2(C1)CN(Cc1cccnc1)CCO2.O=C(O)C(F)(F)F.O=C(O)C(F)(F)F. The Morgan fingerprint density at radius 3 is 2.11 bits per heavy atom. The maximum Gasteiger partial charge on any atom is 0.490 e. The van der Waals surface area contributed by atoms with Crippen molar-refractivity contribution in [3.8, 4) is 0 Å². The number of carboxylic acid groups (broad SMARTS) is 2. The van der Waals surface area contributed by atoms with E-state index in [2.05, 4.69) is 27.4 Å². The van der Waals surface area contributed by atoms with Gasteiger partial charge in [0.05, 0.1) is 19.8 Å². The highest BCUT2D eigenvalue weighted by Gasteiger charge is 2.40. The van der Waals surface area contributed by atoms with Gasteiger partial charge in [0, 0.05) is 51.7 Å². The fraction of sp³-hybridized carbons (Fsp3) is 0.571. The molecule has 204 valence electrons. The topological polar surface area (TPSA) is 112 Å². The van der Waals surface area contributed by atoms with Crippen molar-refractivity contribution in [3.63, 3.8) is 0 Å². The lowest BCUT2D eigenvalue weighted by atomic mass is 10.0. The van der Waals surface area contributed by atoms with Crippen molar-refractivity contribution in [1.29, 1.82) is 0 Å². The highest BCUT2D eigenvalue weighted by Crippen LogP contribution is 2.23. The molecule has 1 spiro atoms. The van der Waals surface area contributed by atoms with Gasteiger partial charge in [0.25, 0.3) is 0 Å². The van der Waals surface area contributed by atoms with Crippen molar-refractivity contribution in [1.82, 2.24) is 14.8 Å². The summed E-state index contributed by atoms with van der Waals surface area (Å²) < 4.78 is 75.5. The minimum Gasteiger partial charge on any atom is -0.475 e. The van der Waals surface area contributed by atoms with E-state index in [1.165, 1.54) is 5.56 Å². The van der Waals surface area contributed by atoms with Crippen molar-refractivity contribution in [2.24, 2.45) is 0 Å². The largest absolute Gasteiger partial charge is 0.490 e. The van der Waals surface area contributed by atoms with E-state index in [1.54, 1.807) is 0 Å². The number of hydrogen-bond donors (Lipinski definition) is 2. The number of morpholine rings is 1. The van der Waals surface area contributed by atoms with Crippen molar-refractivity contribution in [3.05, 3.63) is 42.7 Å². The summed E-state index contributed by atoms with van der Waals surface area (Å²) in [6.07, 6.45) is -4.46. The number of halogens is 6. The lowest BCUT2D eigenvalue weighted by Gasteiger charge is -2.43. The molecule has 0 radical (unpaired) electrons. The van der Waals surface area contributed by atoms with Crippen LogP contribution in [0.3, 0.4) is 0 Å². The van der Waals surface area contributed by atoms with Crippen LogP contribution in [0.1, 0.15) is 5.56 Å². The monoisotopic (exact) mass is 531 g/mol. The van der Waals surface area contributed by atoms with E-state index in [-0.39, 0.29) is 5.60 Å². The van der Waals surface area contributed by atoms with Crippen LogP contribution in [0.15, 0.2) is 37.2 Å². The maximum atomic E-state index is 10.6. The summed E-state index contributed by atoms with van der Waals surface area (Å²) in [5, 5.41) is 14.2. The molecule has 0 aliphatic carbocycles. The molecule has 1 aromatic rings. The molecule has 0 saturated carbocycles. The molecule has 15 heteroatoms. The lowest BCUT2D eigenvalue weighted by molar-refractivity contribution is -0.193. The van der Waals surface area contributed by atoms with E-state index < -0.39 is 24.3 Å². The van der Waals surface area contributed by atoms with Gasteiger partial charge in [-0.25, -0.2) is 9.59 Å². The molecule has 2 saturated heterocycles. The highest BCUT2D eigenvalue weighted by atomic mass is 19.4. The molecule has 3 heterocycles. The average molecular weight is 531 g/mol. The molecule has 0 aromatic carbocycles. The molecular formula is C21H27F6N3O6. The molecule has 2 aliphatic heterocycles. The van der Waals surface area contributed by atoms with Crippen LogP contribution in [0.4, 0.5) is 26.3 Å². The quantitative estimate of drug-likeness (QED) is 0.447. The van der Waals surface area contributed by atoms with Gasteiger partial charge in [0.2, 0.25) is 0 Å². The normalized spacial score (nSPS) is 21.3. The summed E-state index contributed by atoms with van der Waals surface area (Å²) in [6.45, 7) is 11.5. The zero-order chi connectivity index (χ0) is 27.4. The van der Waals surface area contributed by atoms with Gasteiger partial charge in [-0.05, 0) is 11.6 Å². The van der Waals surface area contributed by atoms with Crippen LogP contribution < -0.4 is 0 Å². The molecule has 2 fully saturated rings. The number of rotatable bonds is 4. The Hall–Kier alpha value is -2.75. The first kappa shape index (κ1) is 31.3. The number of carboxylic acids is 2. The van der Waals surface area contributed by atoms with Gasteiger partial charge in [0.15, 0.2) is 0 Å². The first-order valence-corrected chi connectivity index (χ1v) is 10.4. The number of hydrogen-bond acceptors (Lipinski definition) is 7. The smallest absolute Gasteiger partial charge is 0.475 e. The van der Waals surface area contributed by atoms with Gasteiger partial charge in [-0.2, -0.15) is 26.3 Å². The average Bonchev–Trinajstić information content (AvgIpc) is 2.96. The van der Waals surface area contributed by atoms with Crippen molar-refractivity contribution >= 4 is 11.9 Å². The third-order valence-corrected chi connectivity index (χ3v) is 4.76. The molecule has 9 nitrogen and oxygen atoms in total. The number of alkyl halides is 6. The fourth-order valence-corrected chi connectivity index (χ4v) is 3.31. The van der Waals surface area contributed by atoms with Crippen LogP contribution in [0.25, 0.3) is 0 Å². The summed E-state index contributed by atoms with van der Waals surface area (Å²) in [5.41, 5.74) is 1.03. The first-order valence-electron chi connectivity index (χ1n) is 10.4. The van der Waals surface area contributed by atoms with E-state index in [1.807, 2.05) is 24.5 Å². The van der Waals surface area contributed by atoms with Gasteiger partial charge >= 0.3 is 24.3 Å². The summed E-state index contributed by atoms with van der Waals surface area (Å²) >= 11 is 0. The Bertz CT molecular complexity index is 816. The zero-order valence-electron chi connectivity index (χ0n) is 19.1. The number of aromatic nitrogens is 1. The highest BCUT2D eigenvalue weighted by molar-refractivity contribution is 5.73. The third kappa shape index (κ3) is 11.8. The molecule has 0 bridgehead atoms. The van der Waals surface area contributed by atoms with Gasteiger partial charge < -0.3 is 19.7 Å². The summed E-state index contributed by atoms with van der Waals surface area (Å²) in [6, 6.07) is 4.12. The molecule has 1 atom stereocenters. The fourth-order valence-electron chi connectivity index (χ4n) is 3.31. The zero-order valence-corrected chi connectivity index (χ0v) is 19.1. The number of aliphatic carboxylic acids is 2. The van der Waals surface area contributed by atoms with Crippen molar-refractivity contribution in [2.45, 2.75) is 24.5 Å². The van der Waals surface area contributed by atoms with Crippen LogP contribution in [0, 0.1) is 0 Å². The van der Waals surface area contributed by atoms with Gasteiger partial charge in [-0.1, -0.05) is 12.1 Å². The van der Waals surface area contributed by atoms with Crippen molar-refractivity contribution < 1.29 is 55.6 Å². The molecule has 1 aromatic heterocycles. The van der Waals surface area contributed by atoms with E-state index in [0.717, 1.165) is 52.5 Å². The van der Waals surface area contributed by atoms with Crippen LogP contribution in [0.5, 0.6) is 0 Å². The number of nitrogens with zero attached hydrogens (tertiary/aromatic N) is 3. The van der Waals surface area contributed by atoms with E-state index in [9.17, 15) is 26.3 Å². The van der Waals surface area contributed by atoms with E-state index in [0.29, 0.717) is 6.61 Å². The Morgan fingerprint density at radius 2 is 1.61 bits per heavy atom. The molecular weight excluding hydrogens is 504 g/mol. The molecule has 2 N–H and O–H groups in total. The second kappa shape index (κ2) is 14.1. The Morgan fingerprint density at radius 1 is 1.06 bits per heavy atom. The summed E-state index contributed by atoms with van der Waals surface area (Å²) in [7, 11) is 0. The molecule has 2 aliphatic rings. The van der Waals surface area contributed by atoms with Crippen LogP contribution >= 0.6 is 0 Å². The van der Waals surface area contributed by atoms with Crippen molar-refractivity contribution in [2.75, 3.05) is 52.5 Å². The minimum atomic E-state index is -5.08. The standard InChI is InChI=1S/C17H25N3O2.2C2HF3O2/c1-2-6-19-7-9-21-15-17(13-19)14-20(8-10-22-17)12-16-4-3-5-18-11-16;2*3-2(4,5)1(6)7/h2-5,11H,1,6-10,12-15H2;2*(H,6,7). The van der Waals surface area contributed by atoms with E-state index in [4.69, 9.17) is 29.3 Å². The van der Waals surface area contributed by atoms with Gasteiger partial charge in [-0.15, -0.1) is 6.58 Å². The predicted molar refractivity (Wildman–Crippen MR) is 113 cm³/mol. The third-order valence-electron chi connectivity index (χ3n) is 4.76.